The van der Waals surface area contributed by atoms with Crippen LogP contribution in [0.5, 0.6) is 5.75 Å². The van der Waals surface area contributed by atoms with Gasteiger partial charge in [0.25, 0.3) is 5.91 Å². The molecule has 7 nitrogen and oxygen atoms in total. The van der Waals surface area contributed by atoms with Gasteiger partial charge in [0.15, 0.2) is 11.4 Å². The van der Waals surface area contributed by atoms with Crippen molar-refractivity contribution in [3.05, 3.63) is 47.5 Å². The summed E-state index contributed by atoms with van der Waals surface area (Å²) >= 11 is 0. The van der Waals surface area contributed by atoms with E-state index < -0.39 is 5.91 Å². The molecule has 2 heterocycles. The van der Waals surface area contributed by atoms with E-state index in [4.69, 9.17) is 9.47 Å². The number of morpholine rings is 1. The smallest absolute Gasteiger partial charge is 0.274 e. The summed E-state index contributed by atoms with van der Waals surface area (Å²) in [6.07, 6.45) is 0. The zero-order chi connectivity index (χ0) is 20.1. The van der Waals surface area contributed by atoms with E-state index >= 15 is 0 Å². The molecular weight excluding hydrogens is 358 g/mol. The lowest BCUT2D eigenvalue weighted by molar-refractivity contribution is 0.0338. The van der Waals surface area contributed by atoms with E-state index in [9.17, 15) is 9.90 Å². The van der Waals surface area contributed by atoms with Gasteiger partial charge in [0.05, 0.1) is 32.1 Å². The van der Waals surface area contributed by atoms with E-state index in [1.165, 1.54) is 0 Å². The first-order chi connectivity index (χ1) is 13.5. The van der Waals surface area contributed by atoms with E-state index in [1.807, 2.05) is 32.0 Å². The maximum absolute atomic E-state index is 12.7. The minimum atomic E-state index is -0.455. The van der Waals surface area contributed by atoms with E-state index in [2.05, 4.69) is 21.8 Å². The largest absolute Gasteiger partial charge is 0.505 e. The Morgan fingerprint density at radius 3 is 2.82 bits per heavy atom. The molecule has 0 radical (unpaired) electrons. The molecule has 2 N–H and O–H groups in total. The fourth-order valence-electron chi connectivity index (χ4n) is 3.25. The number of ether oxygens (including phenoxy) is 2. The van der Waals surface area contributed by atoms with Gasteiger partial charge in [-0.2, -0.15) is 0 Å². The Hall–Kier alpha value is -2.64. The molecule has 28 heavy (non-hydrogen) atoms. The Morgan fingerprint density at radius 2 is 2.11 bits per heavy atom. The van der Waals surface area contributed by atoms with Gasteiger partial charge in [-0.05, 0) is 19.9 Å². The first-order valence-corrected chi connectivity index (χ1v) is 9.50. The SMILES string of the molecule is C=C(CNC(=O)c1nc(CN2CCOCC2)c2cc(C)ccc2c1O)OCC. The van der Waals surface area contributed by atoms with Crippen LogP contribution in [0.4, 0.5) is 0 Å². The van der Waals surface area contributed by atoms with Crippen LogP contribution in [0.3, 0.4) is 0 Å². The molecule has 1 aromatic carbocycles. The average molecular weight is 385 g/mol. The first kappa shape index (κ1) is 20.1. The number of aromatic hydroxyl groups is 1. The molecule has 3 rings (SSSR count). The van der Waals surface area contributed by atoms with Crippen molar-refractivity contribution in [3.63, 3.8) is 0 Å². The minimum absolute atomic E-state index is 0.0175. The van der Waals surface area contributed by atoms with Crippen LogP contribution in [0.15, 0.2) is 30.5 Å². The van der Waals surface area contributed by atoms with Crippen molar-refractivity contribution >= 4 is 16.7 Å². The number of nitrogens with zero attached hydrogens (tertiary/aromatic N) is 2. The highest BCUT2D eigenvalue weighted by atomic mass is 16.5. The molecule has 1 amide bonds. The van der Waals surface area contributed by atoms with Gasteiger partial charge in [-0.25, -0.2) is 4.98 Å². The Morgan fingerprint density at radius 1 is 1.36 bits per heavy atom. The molecule has 0 spiro atoms. The number of aromatic nitrogens is 1. The normalized spacial score (nSPS) is 14.8. The van der Waals surface area contributed by atoms with Crippen LogP contribution < -0.4 is 5.32 Å². The molecular formula is C21H27N3O4. The molecule has 1 aliphatic heterocycles. The number of hydrogen-bond donors (Lipinski definition) is 2. The summed E-state index contributed by atoms with van der Waals surface area (Å²) in [5.41, 5.74) is 1.86. The van der Waals surface area contributed by atoms with Crippen LogP contribution in [0.25, 0.3) is 10.8 Å². The summed E-state index contributed by atoms with van der Waals surface area (Å²) in [6, 6.07) is 5.75. The second-order valence-electron chi connectivity index (χ2n) is 6.85. The Kier molecular flexibility index (Phi) is 6.49. The summed E-state index contributed by atoms with van der Waals surface area (Å²) in [6.45, 7) is 11.8. The van der Waals surface area contributed by atoms with E-state index in [1.54, 1.807) is 0 Å². The monoisotopic (exact) mass is 385 g/mol. The topological polar surface area (TPSA) is 83.9 Å². The lowest BCUT2D eigenvalue weighted by Crippen LogP contribution is -2.36. The molecule has 1 aliphatic rings. The highest BCUT2D eigenvalue weighted by Crippen LogP contribution is 2.31. The van der Waals surface area contributed by atoms with E-state index in [0.29, 0.717) is 37.5 Å². The van der Waals surface area contributed by atoms with Crippen LogP contribution >= 0.6 is 0 Å². The molecule has 7 heteroatoms. The third-order valence-electron chi connectivity index (χ3n) is 4.70. The number of nitrogens with one attached hydrogen (secondary N) is 1. The number of rotatable bonds is 7. The van der Waals surface area contributed by atoms with Gasteiger partial charge in [0.1, 0.15) is 5.76 Å². The van der Waals surface area contributed by atoms with Crippen molar-refractivity contribution in [2.45, 2.75) is 20.4 Å². The second-order valence-corrected chi connectivity index (χ2v) is 6.85. The van der Waals surface area contributed by atoms with Crippen LogP contribution in [0.2, 0.25) is 0 Å². The predicted molar refractivity (Wildman–Crippen MR) is 107 cm³/mol. The Labute approximate surface area is 165 Å². The molecule has 1 fully saturated rings. The van der Waals surface area contributed by atoms with Gasteiger partial charge in [-0.3, -0.25) is 9.69 Å². The Balaban J connectivity index is 1.93. The zero-order valence-electron chi connectivity index (χ0n) is 16.5. The lowest BCUT2D eigenvalue weighted by atomic mass is 10.0. The Bertz CT molecular complexity index is 876. The first-order valence-electron chi connectivity index (χ1n) is 9.50. The molecule has 0 unspecified atom stereocenters. The van der Waals surface area contributed by atoms with Crippen LogP contribution in [-0.2, 0) is 16.0 Å². The van der Waals surface area contributed by atoms with Gasteiger partial charge in [0, 0.05) is 30.4 Å². The highest BCUT2D eigenvalue weighted by molar-refractivity contribution is 6.02. The number of benzene rings is 1. The molecule has 0 saturated carbocycles. The molecule has 150 valence electrons. The summed E-state index contributed by atoms with van der Waals surface area (Å²) in [5.74, 6) is -0.107. The summed E-state index contributed by atoms with van der Waals surface area (Å²) in [7, 11) is 0. The third kappa shape index (κ3) is 4.61. The number of fused-ring (bicyclic) bond motifs is 1. The fraction of sp³-hybridized carbons (Fsp3) is 0.429. The summed E-state index contributed by atoms with van der Waals surface area (Å²) < 4.78 is 10.7. The number of pyridine rings is 1. The standard InChI is InChI=1S/C21H27N3O4/c1-4-28-15(3)12-22-21(26)19-20(25)16-6-5-14(2)11-17(16)18(23-19)13-24-7-9-27-10-8-24/h5-6,11,25H,3-4,7-10,12-13H2,1-2H3,(H,22,26). The van der Waals surface area contributed by atoms with Crippen molar-refractivity contribution < 1.29 is 19.4 Å². The second kappa shape index (κ2) is 9.03. The fourth-order valence-corrected chi connectivity index (χ4v) is 3.25. The van der Waals surface area contributed by atoms with Gasteiger partial charge in [-0.15, -0.1) is 0 Å². The molecule has 0 atom stereocenters. The van der Waals surface area contributed by atoms with Gasteiger partial charge in [-0.1, -0.05) is 24.3 Å². The van der Waals surface area contributed by atoms with Gasteiger partial charge >= 0.3 is 0 Å². The van der Waals surface area contributed by atoms with Crippen molar-refractivity contribution in [3.8, 4) is 5.75 Å². The van der Waals surface area contributed by atoms with E-state index in [0.717, 1.165) is 29.7 Å². The molecule has 1 saturated heterocycles. The van der Waals surface area contributed by atoms with Crippen molar-refractivity contribution in [2.75, 3.05) is 39.5 Å². The number of carbonyl (C=O) groups is 1. The van der Waals surface area contributed by atoms with E-state index in [-0.39, 0.29) is 18.0 Å². The number of hydrogen-bond acceptors (Lipinski definition) is 6. The van der Waals surface area contributed by atoms with Crippen molar-refractivity contribution in [2.24, 2.45) is 0 Å². The minimum Gasteiger partial charge on any atom is -0.505 e. The van der Waals surface area contributed by atoms with Gasteiger partial charge < -0.3 is 19.9 Å². The summed E-state index contributed by atoms with van der Waals surface area (Å²) in [4.78, 5) is 19.4. The number of carbonyl (C=O) groups excluding carboxylic acids is 1. The quantitative estimate of drug-likeness (QED) is 0.712. The van der Waals surface area contributed by atoms with Crippen LogP contribution in [-0.4, -0.2) is 60.4 Å². The lowest BCUT2D eigenvalue weighted by Gasteiger charge is -2.27. The van der Waals surface area contributed by atoms with Crippen LogP contribution in [0, 0.1) is 6.92 Å². The van der Waals surface area contributed by atoms with Crippen molar-refractivity contribution in [1.29, 1.82) is 0 Å². The highest BCUT2D eigenvalue weighted by Gasteiger charge is 2.21. The third-order valence-corrected chi connectivity index (χ3v) is 4.70. The molecule has 0 bridgehead atoms. The summed E-state index contributed by atoms with van der Waals surface area (Å²) in [5, 5.41) is 14.9. The van der Waals surface area contributed by atoms with Crippen molar-refractivity contribution in [1.82, 2.24) is 15.2 Å². The average Bonchev–Trinajstić information content (AvgIpc) is 2.69. The molecule has 0 aliphatic carbocycles. The molecule has 1 aromatic heterocycles. The predicted octanol–water partition coefficient (Wildman–Crippen LogP) is 2.36. The maximum atomic E-state index is 12.7. The molecule has 2 aromatic rings. The number of amides is 1. The maximum Gasteiger partial charge on any atom is 0.274 e. The van der Waals surface area contributed by atoms with Gasteiger partial charge in [0.2, 0.25) is 0 Å². The zero-order valence-corrected chi connectivity index (χ0v) is 16.5. The number of aryl methyl sites for hydroxylation is 1. The van der Waals surface area contributed by atoms with Crippen LogP contribution in [0.1, 0.15) is 28.7 Å².